The second-order valence-corrected chi connectivity index (χ2v) is 6.02. The standard InChI is InChI=1S/C19H23N3O4/c1-24-17-11-14(12-18(13-17)25-2)21-19(23)22-9-5-16(6-10-22)26-15-3-7-20-8-4-15/h3-4,7-8,11-13,16H,5-6,9-10H2,1-2H3,(H,21,23). The third kappa shape index (κ3) is 4.56. The number of ether oxygens (including phenoxy) is 3. The van der Waals surface area contributed by atoms with Gasteiger partial charge in [0.25, 0.3) is 0 Å². The quantitative estimate of drug-likeness (QED) is 0.890. The summed E-state index contributed by atoms with van der Waals surface area (Å²) in [6.45, 7) is 1.28. The van der Waals surface area contributed by atoms with Crippen molar-refractivity contribution in [2.45, 2.75) is 18.9 Å². The Hall–Kier alpha value is -2.96. The maximum absolute atomic E-state index is 12.5. The number of pyridine rings is 1. The van der Waals surface area contributed by atoms with Crippen molar-refractivity contribution in [1.29, 1.82) is 0 Å². The van der Waals surface area contributed by atoms with E-state index in [0.717, 1.165) is 18.6 Å². The molecular formula is C19H23N3O4. The lowest BCUT2D eigenvalue weighted by molar-refractivity contribution is 0.115. The molecule has 2 aromatic rings. The normalized spacial score (nSPS) is 14.6. The molecule has 1 fully saturated rings. The molecule has 0 spiro atoms. The topological polar surface area (TPSA) is 72.9 Å². The van der Waals surface area contributed by atoms with Crippen molar-refractivity contribution in [1.82, 2.24) is 9.88 Å². The minimum atomic E-state index is -0.136. The van der Waals surface area contributed by atoms with E-state index in [1.54, 1.807) is 49.7 Å². The number of amides is 2. The van der Waals surface area contributed by atoms with Crippen molar-refractivity contribution in [3.8, 4) is 17.2 Å². The number of hydrogen-bond acceptors (Lipinski definition) is 5. The van der Waals surface area contributed by atoms with Crippen LogP contribution < -0.4 is 19.5 Å². The van der Waals surface area contributed by atoms with E-state index in [1.807, 2.05) is 12.1 Å². The van der Waals surface area contributed by atoms with Crippen LogP contribution in [0.1, 0.15) is 12.8 Å². The van der Waals surface area contributed by atoms with Gasteiger partial charge in [0.05, 0.1) is 14.2 Å². The van der Waals surface area contributed by atoms with Crippen LogP contribution in [0, 0.1) is 0 Å². The van der Waals surface area contributed by atoms with Crippen LogP contribution in [0.5, 0.6) is 17.2 Å². The van der Waals surface area contributed by atoms with Gasteiger partial charge in [0.1, 0.15) is 23.4 Å². The van der Waals surface area contributed by atoms with Crippen molar-refractivity contribution >= 4 is 11.7 Å². The molecule has 0 radical (unpaired) electrons. The Morgan fingerprint density at radius 1 is 1.04 bits per heavy atom. The molecule has 1 aromatic heterocycles. The molecule has 1 N–H and O–H groups in total. The van der Waals surface area contributed by atoms with E-state index < -0.39 is 0 Å². The third-order valence-electron chi connectivity index (χ3n) is 4.28. The smallest absolute Gasteiger partial charge is 0.321 e. The summed E-state index contributed by atoms with van der Waals surface area (Å²) in [5.74, 6) is 2.07. The van der Waals surface area contributed by atoms with E-state index in [9.17, 15) is 4.79 Å². The van der Waals surface area contributed by atoms with Crippen molar-refractivity contribution in [2.24, 2.45) is 0 Å². The summed E-state index contributed by atoms with van der Waals surface area (Å²) < 4.78 is 16.4. The lowest BCUT2D eigenvalue weighted by Crippen LogP contribution is -2.43. The van der Waals surface area contributed by atoms with Gasteiger partial charge in [0.2, 0.25) is 0 Å². The highest BCUT2D eigenvalue weighted by molar-refractivity contribution is 5.89. The number of nitrogens with zero attached hydrogens (tertiary/aromatic N) is 2. The summed E-state index contributed by atoms with van der Waals surface area (Å²) in [6, 6.07) is 8.84. The lowest BCUT2D eigenvalue weighted by Gasteiger charge is -2.32. The first kappa shape index (κ1) is 17.8. The predicted octanol–water partition coefficient (Wildman–Crippen LogP) is 3.17. The molecule has 2 amide bonds. The van der Waals surface area contributed by atoms with Gasteiger partial charge in [-0.15, -0.1) is 0 Å². The van der Waals surface area contributed by atoms with Gasteiger partial charge in [0.15, 0.2) is 0 Å². The molecule has 7 heteroatoms. The Bertz CT molecular complexity index is 709. The second kappa shape index (κ2) is 8.42. The fraction of sp³-hybridized carbons (Fsp3) is 0.368. The number of hydrogen-bond donors (Lipinski definition) is 1. The van der Waals surface area contributed by atoms with E-state index in [2.05, 4.69) is 10.3 Å². The summed E-state index contributed by atoms with van der Waals surface area (Å²) in [4.78, 5) is 18.3. The lowest BCUT2D eigenvalue weighted by atomic mass is 10.1. The summed E-state index contributed by atoms with van der Waals surface area (Å²) in [7, 11) is 3.15. The molecular weight excluding hydrogens is 334 g/mol. The minimum absolute atomic E-state index is 0.110. The number of carbonyl (C=O) groups is 1. The molecule has 2 heterocycles. The van der Waals surface area contributed by atoms with E-state index in [-0.39, 0.29) is 12.1 Å². The molecule has 26 heavy (non-hydrogen) atoms. The van der Waals surface area contributed by atoms with Crippen LogP contribution in [0.25, 0.3) is 0 Å². The Morgan fingerprint density at radius 2 is 1.65 bits per heavy atom. The molecule has 0 bridgehead atoms. The molecule has 1 aromatic carbocycles. The Kier molecular flexibility index (Phi) is 5.78. The fourth-order valence-corrected chi connectivity index (χ4v) is 2.87. The van der Waals surface area contributed by atoms with E-state index in [1.165, 1.54) is 0 Å². The van der Waals surface area contributed by atoms with Crippen LogP contribution >= 0.6 is 0 Å². The van der Waals surface area contributed by atoms with Crippen LogP contribution in [-0.4, -0.2) is 49.3 Å². The SMILES string of the molecule is COc1cc(NC(=O)N2CCC(Oc3ccncc3)CC2)cc(OC)c1. The zero-order chi connectivity index (χ0) is 18.4. The van der Waals surface area contributed by atoms with Crippen LogP contribution in [0.2, 0.25) is 0 Å². The Morgan fingerprint density at radius 3 is 2.23 bits per heavy atom. The van der Waals surface area contributed by atoms with Gasteiger partial charge in [-0.25, -0.2) is 4.79 Å². The maximum Gasteiger partial charge on any atom is 0.321 e. The number of methoxy groups -OCH3 is 2. The number of rotatable bonds is 5. The van der Waals surface area contributed by atoms with Gasteiger partial charge in [-0.3, -0.25) is 4.98 Å². The highest BCUT2D eigenvalue weighted by atomic mass is 16.5. The average Bonchev–Trinajstić information content (AvgIpc) is 2.69. The van der Waals surface area contributed by atoms with Gasteiger partial charge in [-0.05, 0) is 12.1 Å². The summed E-state index contributed by atoms with van der Waals surface area (Å²) in [5, 5.41) is 2.90. The molecule has 0 aliphatic carbocycles. The zero-order valence-corrected chi connectivity index (χ0v) is 15.0. The number of carbonyl (C=O) groups excluding carboxylic acids is 1. The van der Waals surface area contributed by atoms with Crippen molar-refractivity contribution in [3.05, 3.63) is 42.7 Å². The number of piperidine rings is 1. The molecule has 0 saturated carbocycles. The van der Waals surface area contributed by atoms with Crippen molar-refractivity contribution in [3.63, 3.8) is 0 Å². The number of nitrogens with one attached hydrogen (secondary N) is 1. The number of likely N-dealkylation sites (tertiary alicyclic amines) is 1. The van der Waals surface area contributed by atoms with E-state index in [0.29, 0.717) is 30.3 Å². The molecule has 0 atom stereocenters. The van der Waals surface area contributed by atoms with Gasteiger partial charge >= 0.3 is 6.03 Å². The zero-order valence-electron chi connectivity index (χ0n) is 15.0. The van der Waals surface area contributed by atoms with Gasteiger partial charge < -0.3 is 24.4 Å². The Balaban J connectivity index is 1.54. The van der Waals surface area contributed by atoms with Gasteiger partial charge in [0, 0.05) is 62.2 Å². The van der Waals surface area contributed by atoms with Gasteiger partial charge in [-0.1, -0.05) is 0 Å². The largest absolute Gasteiger partial charge is 0.497 e. The predicted molar refractivity (Wildman–Crippen MR) is 98.0 cm³/mol. The molecule has 3 rings (SSSR count). The summed E-state index contributed by atoms with van der Waals surface area (Å²) >= 11 is 0. The van der Waals surface area contributed by atoms with Crippen molar-refractivity contribution < 1.29 is 19.0 Å². The van der Waals surface area contributed by atoms with Crippen LogP contribution in [0.15, 0.2) is 42.7 Å². The maximum atomic E-state index is 12.5. The summed E-state index contributed by atoms with van der Waals surface area (Å²) in [6.07, 6.45) is 5.10. The number of aromatic nitrogens is 1. The highest BCUT2D eigenvalue weighted by Gasteiger charge is 2.24. The number of benzene rings is 1. The van der Waals surface area contributed by atoms with E-state index in [4.69, 9.17) is 14.2 Å². The molecule has 7 nitrogen and oxygen atoms in total. The molecule has 1 saturated heterocycles. The first-order chi connectivity index (χ1) is 12.7. The minimum Gasteiger partial charge on any atom is -0.497 e. The van der Waals surface area contributed by atoms with Gasteiger partial charge in [-0.2, -0.15) is 0 Å². The van der Waals surface area contributed by atoms with Crippen molar-refractivity contribution in [2.75, 3.05) is 32.6 Å². The highest BCUT2D eigenvalue weighted by Crippen LogP contribution is 2.26. The number of urea groups is 1. The molecule has 1 aliphatic rings. The fourth-order valence-electron chi connectivity index (χ4n) is 2.87. The van der Waals surface area contributed by atoms with Crippen LogP contribution in [0.4, 0.5) is 10.5 Å². The second-order valence-electron chi connectivity index (χ2n) is 6.02. The third-order valence-corrected chi connectivity index (χ3v) is 4.28. The number of anilines is 1. The van der Waals surface area contributed by atoms with Crippen LogP contribution in [0.3, 0.4) is 0 Å². The monoisotopic (exact) mass is 357 g/mol. The summed E-state index contributed by atoms with van der Waals surface area (Å²) in [5.41, 5.74) is 0.640. The molecule has 138 valence electrons. The van der Waals surface area contributed by atoms with Crippen LogP contribution in [-0.2, 0) is 0 Å². The first-order valence-electron chi connectivity index (χ1n) is 8.53. The molecule has 1 aliphatic heterocycles. The Labute approximate surface area is 152 Å². The average molecular weight is 357 g/mol. The molecule has 0 unspecified atom stereocenters. The first-order valence-corrected chi connectivity index (χ1v) is 8.53. The van der Waals surface area contributed by atoms with E-state index >= 15 is 0 Å².